The van der Waals surface area contributed by atoms with E-state index in [4.69, 9.17) is 11.6 Å². The zero-order valence-electron chi connectivity index (χ0n) is 18.2. The number of ketones is 1. The summed E-state index contributed by atoms with van der Waals surface area (Å²) in [4.78, 5) is 27.8. The van der Waals surface area contributed by atoms with Crippen LogP contribution in [0, 0.1) is 6.92 Å². The molecular weight excluding hydrogens is 422 g/mol. The van der Waals surface area contributed by atoms with Crippen LogP contribution in [0.5, 0.6) is 0 Å². The maximum atomic E-state index is 13.2. The maximum absolute atomic E-state index is 13.2. The van der Waals surface area contributed by atoms with Crippen LogP contribution < -0.4 is 4.90 Å². The van der Waals surface area contributed by atoms with E-state index in [1.165, 1.54) is 4.90 Å². The van der Waals surface area contributed by atoms with Crippen molar-refractivity contribution < 1.29 is 14.7 Å². The fourth-order valence-electron chi connectivity index (χ4n) is 4.01. The molecule has 0 saturated carbocycles. The molecule has 4 nitrogen and oxygen atoms in total. The number of benzene rings is 3. The average Bonchev–Trinajstić information content (AvgIpc) is 3.06. The fourth-order valence-corrected chi connectivity index (χ4v) is 4.13. The van der Waals surface area contributed by atoms with Crippen LogP contribution in [-0.4, -0.2) is 16.8 Å². The molecule has 1 heterocycles. The highest BCUT2D eigenvalue weighted by molar-refractivity contribution is 6.51. The molecule has 1 atom stereocenters. The first-order valence-electron chi connectivity index (χ1n) is 10.5. The first kappa shape index (κ1) is 21.8. The lowest BCUT2D eigenvalue weighted by molar-refractivity contribution is -0.132. The Balaban J connectivity index is 1.93. The number of aliphatic hydroxyl groups is 1. The van der Waals surface area contributed by atoms with E-state index in [1.54, 1.807) is 42.5 Å². The molecule has 1 amide bonds. The van der Waals surface area contributed by atoms with Crippen LogP contribution in [0.2, 0.25) is 5.02 Å². The Morgan fingerprint density at radius 1 is 0.969 bits per heavy atom. The van der Waals surface area contributed by atoms with Crippen molar-refractivity contribution in [2.75, 3.05) is 4.90 Å². The number of carbonyl (C=O) groups excluding carboxylic acids is 2. The van der Waals surface area contributed by atoms with Gasteiger partial charge in [-0.3, -0.25) is 14.5 Å². The molecule has 1 N–H and O–H groups in total. The van der Waals surface area contributed by atoms with Gasteiger partial charge in [0, 0.05) is 16.3 Å². The summed E-state index contributed by atoms with van der Waals surface area (Å²) >= 11 is 6.19. The lowest BCUT2D eigenvalue weighted by Crippen LogP contribution is -2.29. The van der Waals surface area contributed by atoms with Gasteiger partial charge in [-0.15, -0.1) is 0 Å². The number of nitrogens with zero attached hydrogens (tertiary/aromatic N) is 1. The molecular formula is C27H24ClNO3. The van der Waals surface area contributed by atoms with Gasteiger partial charge in [0.25, 0.3) is 11.7 Å². The van der Waals surface area contributed by atoms with Gasteiger partial charge in [-0.2, -0.15) is 0 Å². The molecule has 3 aromatic rings. The third-order valence-corrected chi connectivity index (χ3v) is 6.25. The fraction of sp³-hybridized carbons (Fsp3) is 0.185. The summed E-state index contributed by atoms with van der Waals surface area (Å²) in [5, 5.41) is 11.7. The molecule has 32 heavy (non-hydrogen) atoms. The molecule has 1 fully saturated rings. The number of Topliss-reactive ketones (excluding diaryl/α,β-unsaturated/α-hetero) is 1. The number of anilines is 1. The van der Waals surface area contributed by atoms with Crippen molar-refractivity contribution in [3.05, 3.63) is 106 Å². The highest BCUT2D eigenvalue weighted by Crippen LogP contribution is 2.43. The molecule has 5 heteroatoms. The van der Waals surface area contributed by atoms with E-state index in [0.29, 0.717) is 22.2 Å². The molecule has 3 aromatic carbocycles. The lowest BCUT2D eigenvalue weighted by Gasteiger charge is -2.26. The Morgan fingerprint density at radius 2 is 1.62 bits per heavy atom. The van der Waals surface area contributed by atoms with Gasteiger partial charge in [0.15, 0.2) is 0 Å². The number of hydrogen-bond acceptors (Lipinski definition) is 3. The number of carbonyl (C=O) groups is 2. The predicted octanol–water partition coefficient (Wildman–Crippen LogP) is 6.40. The Hall–Kier alpha value is -3.37. The number of amides is 1. The minimum Gasteiger partial charge on any atom is -0.507 e. The average molecular weight is 446 g/mol. The number of hydrogen-bond donors (Lipinski definition) is 1. The summed E-state index contributed by atoms with van der Waals surface area (Å²) in [6.07, 6.45) is 0. The van der Waals surface area contributed by atoms with Gasteiger partial charge < -0.3 is 5.11 Å². The van der Waals surface area contributed by atoms with E-state index in [1.807, 2.05) is 37.3 Å². The van der Waals surface area contributed by atoms with Gasteiger partial charge in [0.05, 0.1) is 11.6 Å². The first-order chi connectivity index (χ1) is 15.3. The van der Waals surface area contributed by atoms with Crippen molar-refractivity contribution in [3.63, 3.8) is 0 Å². The Bertz CT molecular complexity index is 1210. The number of aliphatic hydroxyl groups excluding tert-OH is 1. The van der Waals surface area contributed by atoms with Gasteiger partial charge in [-0.05, 0) is 47.7 Å². The van der Waals surface area contributed by atoms with Crippen LogP contribution in [-0.2, 0) is 9.59 Å². The van der Waals surface area contributed by atoms with E-state index in [2.05, 4.69) is 13.8 Å². The normalized spacial score (nSPS) is 17.9. The SMILES string of the molecule is Cc1cc(N2C(=O)C(=O)/C(=C(\O)c3ccccc3)C2c2ccc(C(C)C)cc2)ccc1Cl. The molecule has 0 radical (unpaired) electrons. The maximum Gasteiger partial charge on any atom is 0.300 e. The predicted molar refractivity (Wildman–Crippen MR) is 128 cm³/mol. The molecule has 162 valence electrons. The van der Waals surface area contributed by atoms with Gasteiger partial charge in [0.2, 0.25) is 0 Å². The monoisotopic (exact) mass is 445 g/mol. The molecule has 0 aliphatic carbocycles. The van der Waals surface area contributed by atoms with Crippen molar-refractivity contribution in [3.8, 4) is 0 Å². The summed E-state index contributed by atoms with van der Waals surface area (Å²) in [7, 11) is 0. The van der Waals surface area contributed by atoms with Crippen LogP contribution >= 0.6 is 11.6 Å². The van der Waals surface area contributed by atoms with Crippen LogP contribution in [0.1, 0.15) is 48.1 Å². The van der Waals surface area contributed by atoms with E-state index in [0.717, 1.165) is 16.7 Å². The molecule has 4 rings (SSSR count). The smallest absolute Gasteiger partial charge is 0.300 e. The topological polar surface area (TPSA) is 57.6 Å². The second kappa shape index (κ2) is 8.64. The summed E-state index contributed by atoms with van der Waals surface area (Å²) in [5.41, 5.74) is 3.81. The largest absolute Gasteiger partial charge is 0.507 e. The van der Waals surface area contributed by atoms with E-state index in [9.17, 15) is 14.7 Å². The molecule has 1 unspecified atom stereocenters. The second-order valence-corrected chi connectivity index (χ2v) is 8.70. The summed E-state index contributed by atoms with van der Waals surface area (Å²) in [6, 6.07) is 21.1. The summed E-state index contributed by atoms with van der Waals surface area (Å²) < 4.78 is 0. The Morgan fingerprint density at radius 3 is 2.22 bits per heavy atom. The molecule has 0 aromatic heterocycles. The van der Waals surface area contributed by atoms with Gasteiger partial charge >= 0.3 is 0 Å². The highest BCUT2D eigenvalue weighted by atomic mass is 35.5. The quantitative estimate of drug-likeness (QED) is 0.287. The first-order valence-corrected chi connectivity index (χ1v) is 10.9. The molecule has 0 bridgehead atoms. The van der Waals surface area contributed by atoms with Crippen molar-refractivity contribution >= 4 is 34.7 Å². The number of aryl methyl sites for hydroxylation is 1. The zero-order valence-corrected chi connectivity index (χ0v) is 18.9. The summed E-state index contributed by atoms with van der Waals surface area (Å²) in [6.45, 7) is 6.05. The standard InChI is InChI=1S/C27H24ClNO3/c1-16(2)18-9-11-19(12-10-18)24-23(25(30)20-7-5-4-6-8-20)26(31)27(32)29(24)21-13-14-22(28)17(3)15-21/h4-16,24,30H,1-3H3/b25-23-. The van der Waals surface area contributed by atoms with Gasteiger partial charge in [-0.1, -0.05) is 80.0 Å². The van der Waals surface area contributed by atoms with Gasteiger partial charge in [-0.25, -0.2) is 0 Å². The van der Waals surface area contributed by atoms with Crippen molar-refractivity contribution in [1.82, 2.24) is 0 Å². The molecule has 1 aliphatic rings. The van der Waals surface area contributed by atoms with Crippen LogP contribution in [0.25, 0.3) is 5.76 Å². The molecule has 0 spiro atoms. The van der Waals surface area contributed by atoms with Crippen molar-refractivity contribution in [2.45, 2.75) is 32.7 Å². The van der Waals surface area contributed by atoms with Crippen molar-refractivity contribution in [1.29, 1.82) is 0 Å². The van der Waals surface area contributed by atoms with E-state index < -0.39 is 17.7 Å². The molecule has 1 saturated heterocycles. The second-order valence-electron chi connectivity index (χ2n) is 8.29. The number of rotatable bonds is 4. The third-order valence-electron chi connectivity index (χ3n) is 5.83. The third kappa shape index (κ3) is 3.82. The minimum atomic E-state index is -0.753. The van der Waals surface area contributed by atoms with E-state index in [-0.39, 0.29) is 11.3 Å². The summed E-state index contributed by atoms with van der Waals surface area (Å²) in [5.74, 6) is -1.23. The Labute approximate surface area is 192 Å². The van der Waals surface area contributed by atoms with E-state index >= 15 is 0 Å². The molecule has 1 aliphatic heterocycles. The zero-order chi connectivity index (χ0) is 23.0. The van der Waals surface area contributed by atoms with Crippen LogP contribution in [0.3, 0.4) is 0 Å². The van der Waals surface area contributed by atoms with Gasteiger partial charge in [0.1, 0.15) is 5.76 Å². The van der Waals surface area contributed by atoms with Crippen LogP contribution in [0.15, 0.2) is 78.4 Å². The highest BCUT2D eigenvalue weighted by Gasteiger charge is 2.47. The van der Waals surface area contributed by atoms with Crippen LogP contribution in [0.4, 0.5) is 5.69 Å². The lowest BCUT2D eigenvalue weighted by atomic mass is 9.93. The minimum absolute atomic E-state index is 0.0751. The Kier molecular flexibility index (Phi) is 5.90. The number of halogens is 1. The van der Waals surface area contributed by atoms with Crippen molar-refractivity contribution in [2.24, 2.45) is 0 Å².